The first-order chi connectivity index (χ1) is 15.7. The molecule has 0 aliphatic carbocycles. The van der Waals surface area contributed by atoms with Crippen molar-refractivity contribution in [3.63, 3.8) is 0 Å². The molecule has 0 unspecified atom stereocenters. The molecule has 32 heavy (non-hydrogen) atoms. The molecule has 0 radical (unpaired) electrons. The monoisotopic (exact) mass is 451 g/mol. The van der Waals surface area contributed by atoms with Gasteiger partial charge >= 0.3 is 0 Å². The lowest BCUT2D eigenvalue weighted by molar-refractivity contribution is 0.0950. The number of carbonyl (C=O) groups excluding carboxylic acids is 1. The predicted octanol–water partition coefficient (Wildman–Crippen LogP) is 3.44. The molecule has 0 atom stereocenters. The minimum Gasteiger partial charge on any atom is -0.346 e. The Morgan fingerprint density at radius 1 is 1.00 bits per heavy atom. The molecule has 166 valence electrons. The highest BCUT2D eigenvalue weighted by atomic mass is 32.1. The number of carbonyl (C=O) groups is 1. The summed E-state index contributed by atoms with van der Waals surface area (Å²) in [6, 6.07) is 16.4. The van der Waals surface area contributed by atoms with Gasteiger partial charge in [-0.15, -0.1) is 10.2 Å². The highest BCUT2D eigenvalue weighted by Crippen LogP contribution is 2.14. The largest absolute Gasteiger partial charge is 0.346 e. The summed E-state index contributed by atoms with van der Waals surface area (Å²) in [6.45, 7) is 5.91. The van der Waals surface area contributed by atoms with Gasteiger partial charge < -0.3 is 5.32 Å². The van der Waals surface area contributed by atoms with Gasteiger partial charge in [0.1, 0.15) is 10.8 Å². The van der Waals surface area contributed by atoms with Crippen LogP contribution in [0.25, 0.3) is 6.08 Å². The predicted molar refractivity (Wildman–Crippen MR) is 125 cm³/mol. The summed E-state index contributed by atoms with van der Waals surface area (Å²) in [4.78, 5) is 17.1. The lowest BCUT2D eigenvalue weighted by Gasteiger charge is -2.33. The van der Waals surface area contributed by atoms with Crippen LogP contribution in [0, 0.1) is 5.82 Å². The summed E-state index contributed by atoms with van der Waals surface area (Å²) < 4.78 is 13.0. The van der Waals surface area contributed by atoms with Crippen LogP contribution in [-0.4, -0.2) is 58.6 Å². The Morgan fingerprint density at radius 3 is 2.47 bits per heavy atom. The summed E-state index contributed by atoms with van der Waals surface area (Å²) in [6.07, 6.45) is 4.38. The molecule has 1 saturated heterocycles. The lowest BCUT2D eigenvalue weighted by Crippen LogP contribution is -2.45. The third-order valence-corrected chi connectivity index (χ3v) is 6.23. The minimum absolute atomic E-state index is 0.256. The van der Waals surface area contributed by atoms with Crippen LogP contribution >= 0.6 is 11.3 Å². The van der Waals surface area contributed by atoms with E-state index in [9.17, 15) is 9.18 Å². The van der Waals surface area contributed by atoms with Crippen LogP contribution in [0.1, 0.15) is 25.9 Å². The molecule has 2 heterocycles. The molecule has 0 bridgehead atoms. The van der Waals surface area contributed by atoms with Gasteiger partial charge in [0.05, 0.1) is 6.54 Å². The van der Waals surface area contributed by atoms with Crippen LogP contribution in [0.3, 0.4) is 0 Å². The number of benzene rings is 2. The van der Waals surface area contributed by atoms with E-state index >= 15 is 0 Å². The Hall–Kier alpha value is -2.94. The Kier molecular flexibility index (Phi) is 7.71. The van der Waals surface area contributed by atoms with Crippen LogP contribution in [0.4, 0.5) is 4.39 Å². The molecule has 8 heteroatoms. The second-order valence-corrected chi connectivity index (χ2v) is 8.76. The van der Waals surface area contributed by atoms with Crippen LogP contribution < -0.4 is 5.32 Å². The first-order valence-corrected chi connectivity index (χ1v) is 11.5. The van der Waals surface area contributed by atoms with Gasteiger partial charge in [0.25, 0.3) is 5.91 Å². The third kappa shape index (κ3) is 6.53. The van der Waals surface area contributed by atoms with E-state index in [1.807, 2.05) is 18.2 Å². The van der Waals surface area contributed by atoms with Crippen molar-refractivity contribution in [1.29, 1.82) is 0 Å². The summed E-state index contributed by atoms with van der Waals surface area (Å²) >= 11 is 1.32. The molecule has 1 N–H and O–H groups in total. The summed E-state index contributed by atoms with van der Waals surface area (Å²) in [7, 11) is 0. The van der Waals surface area contributed by atoms with Crippen molar-refractivity contribution in [1.82, 2.24) is 25.3 Å². The molecule has 1 amide bonds. The van der Waals surface area contributed by atoms with Crippen LogP contribution in [0.15, 0.2) is 60.7 Å². The molecule has 3 aromatic rings. The van der Waals surface area contributed by atoms with E-state index in [1.165, 1.54) is 29.0 Å². The molecule has 1 aliphatic heterocycles. The molecule has 4 rings (SSSR count). The fraction of sp³-hybridized carbons (Fsp3) is 0.292. The third-order valence-electron chi connectivity index (χ3n) is 5.32. The number of nitrogens with one attached hydrogen (secondary N) is 1. The molecule has 0 saturated carbocycles. The van der Waals surface area contributed by atoms with E-state index in [-0.39, 0.29) is 11.7 Å². The van der Waals surface area contributed by atoms with Crippen molar-refractivity contribution < 1.29 is 9.18 Å². The fourth-order valence-corrected chi connectivity index (χ4v) is 4.29. The van der Waals surface area contributed by atoms with E-state index in [1.54, 1.807) is 12.1 Å². The topological polar surface area (TPSA) is 61.4 Å². The van der Waals surface area contributed by atoms with Crippen LogP contribution in [-0.2, 0) is 13.1 Å². The Bertz CT molecular complexity index is 1030. The maximum absolute atomic E-state index is 13.0. The number of nitrogens with zero attached hydrogens (tertiary/aromatic N) is 4. The first-order valence-electron chi connectivity index (χ1n) is 10.7. The van der Waals surface area contributed by atoms with Gasteiger partial charge in [-0.05, 0) is 23.3 Å². The number of rotatable bonds is 8. The Balaban J connectivity index is 1.19. The molecule has 0 spiro atoms. The average molecular weight is 452 g/mol. The average Bonchev–Trinajstić information content (AvgIpc) is 3.29. The van der Waals surface area contributed by atoms with Gasteiger partial charge in [-0.3, -0.25) is 14.6 Å². The highest BCUT2D eigenvalue weighted by Gasteiger charge is 2.19. The number of aromatic nitrogens is 2. The van der Waals surface area contributed by atoms with Crippen molar-refractivity contribution in [3.05, 3.63) is 87.6 Å². The Labute approximate surface area is 191 Å². The zero-order valence-corrected chi connectivity index (χ0v) is 18.6. The van der Waals surface area contributed by atoms with Gasteiger partial charge in [-0.1, -0.05) is 66.0 Å². The molecular weight excluding hydrogens is 425 g/mol. The standard InChI is InChI=1S/C24H26FN5OS/c25-21-10-8-20(9-11-21)17-26-23(31)24-28-27-22(32-24)18-30-15-13-29(14-16-30)12-4-7-19-5-2-1-3-6-19/h1-11H,12-18H2,(H,26,31)/b7-4+. The van der Waals surface area contributed by atoms with E-state index in [0.717, 1.165) is 43.3 Å². The number of halogens is 1. The molecular formula is C24H26FN5OS. The zero-order valence-electron chi connectivity index (χ0n) is 17.8. The van der Waals surface area contributed by atoms with Crippen molar-refractivity contribution in [2.75, 3.05) is 32.7 Å². The second kappa shape index (κ2) is 11.1. The van der Waals surface area contributed by atoms with E-state index in [2.05, 4.69) is 49.6 Å². The summed E-state index contributed by atoms with van der Waals surface area (Å²) in [5.41, 5.74) is 2.06. The van der Waals surface area contributed by atoms with Gasteiger partial charge in [0, 0.05) is 39.3 Å². The SMILES string of the molecule is O=C(NCc1ccc(F)cc1)c1nnc(CN2CCN(C/C=C/c3ccccc3)CC2)s1. The number of piperazine rings is 1. The maximum atomic E-state index is 13.0. The van der Waals surface area contributed by atoms with Crippen molar-refractivity contribution in [2.24, 2.45) is 0 Å². The highest BCUT2D eigenvalue weighted by molar-refractivity contribution is 7.13. The van der Waals surface area contributed by atoms with Gasteiger partial charge in [0.15, 0.2) is 0 Å². The second-order valence-electron chi connectivity index (χ2n) is 7.70. The Morgan fingerprint density at radius 2 is 1.72 bits per heavy atom. The van der Waals surface area contributed by atoms with Crippen molar-refractivity contribution in [2.45, 2.75) is 13.1 Å². The van der Waals surface area contributed by atoms with Gasteiger partial charge in [-0.25, -0.2) is 4.39 Å². The molecule has 1 aromatic heterocycles. The summed E-state index contributed by atoms with van der Waals surface area (Å²) in [5, 5.41) is 12.2. The van der Waals surface area contributed by atoms with Crippen LogP contribution in [0.5, 0.6) is 0 Å². The van der Waals surface area contributed by atoms with Gasteiger partial charge in [-0.2, -0.15) is 0 Å². The normalized spacial score (nSPS) is 15.3. The maximum Gasteiger partial charge on any atom is 0.282 e. The smallest absolute Gasteiger partial charge is 0.282 e. The summed E-state index contributed by atoms with van der Waals surface area (Å²) in [5.74, 6) is -0.550. The van der Waals surface area contributed by atoms with Crippen LogP contribution in [0.2, 0.25) is 0 Å². The number of hydrogen-bond donors (Lipinski definition) is 1. The molecule has 6 nitrogen and oxygen atoms in total. The van der Waals surface area contributed by atoms with Crippen molar-refractivity contribution >= 4 is 23.3 Å². The lowest BCUT2D eigenvalue weighted by atomic mass is 10.2. The molecule has 1 aliphatic rings. The number of hydrogen-bond acceptors (Lipinski definition) is 6. The first kappa shape index (κ1) is 22.3. The molecule has 1 fully saturated rings. The van der Waals surface area contributed by atoms with E-state index in [0.29, 0.717) is 18.1 Å². The van der Waals surface area contributed by atoms with E-state index < -0.39 is 0 Å². The number of amides is 1. The zero-order chi connectivity index (χ0) is 22.2. The minimum atomic E-state index is -0.293. The van der Waals surface area contributed by atoms with E-state index in [4.69, 9.17) is 0 Å². The fourth-order valence-electron chi connectivity index (χ4n) is 3.49. The quantitative estimate of drug-likeness (QED) is 0.569. The molecule has 2 aromatic carbocycles. The van der Waals surface area contributed by atoms with Gasteiger partial charge in [0.2, 0.25) is 5.01 Å². The van der Waals surface area contributed by atoms with Crippen molar-refractivity contribution in [3.8, 4) is 0 Å².